The predicted octanol–water partition coefficient (Wildman–Crippen LogP) is 4.32. The summed E-state index contributed by atoms with van der Waals surface area (Å²) >= 11 is 2.19. The molecule has 0 bridgehead atoms. The van der Waals surface area contributed by atoms with Crippen molar-refractivity contribution in [2.75, 3.05) is 0 Å². The van der Waals surface area contributed by atoms with Gasteiger partial charge in [0.1, 0.15) is 22.4 Å². The van der Waals surface area contributed by atoms with Crippen LogP contribution in [-0.4, -0.2) is 15.3 Å². The highest BCUT2D eigenvalue weighted by molar-refractivity contribution is 8.15. The average Bonchev–Trinajstić information content (AvgIpc) is 3.08. The molecule has 3 aromatic rings. The van der Waals surface area contributed by atoms with Crippen molar-refractivity contribution in [2.45, 2.75) is 11.3 Å². The first kappa shape index (κ1) is 14.9. The molecule has 0 saturated heterocycles. The number of rotatable bonds is 3. The van der Waals surface area contributed by atoms with E-state index in [-0.39, 0.29) is 22.2 Å². The molecule has 4 nitrogen and oxygen atoms in total. The lowest BCUT2D eigenvalue weighted by Gasteiger charge is -1.99. The number of hydrogen-bond acceptors (Lipinski definition) is 6. The zero-order valence-electron chi connectivity index (χ0n) is 11.2. The van der Waals surface area contributed by atoms with Crippen molar-refractivity contribution in [3.8, 4) is 11.3 Å². The van der Waals surface area contributed by atoms with E-state index >= 15 is 0 Å². The fourth-order valence-electron chi connectivity index (χ4n) is 1.73. The molecule has 2 aromatic heterocycles. The van der Waals surface area contributed by atoms with Gasteiger partial charge in [-0.25, -0.2) is 8.78 Å². The average molecular weight is 338 g/mol. The van der Waals surface area contributed by atoms with Crippen molar-refractivity contribution >= 4 is 28.2 Å². The molecule has 112 valence electrons. The van der Waals surface area contributed by atoms with Gasteiger partial charge in [-0.15, -0.1) is 10.2 Å². The van der Waals surface area contributed by atoms with E-state index in [2.05, 4.69) is 10.2 Å². The molecular formula is C14H8F2N2O2S2. The van der Waals surface area contributed by atoms with Crippen molar-refractivity contribution < 1.29 is 18.0 Å². The first-order valence-electron chi connectivity index (χ1n) is 6.10. The normalized spacial score (nSPS) is 10.9. The van der Waals surface area contributed by atoms with Gasteiger partial charge in [0, 0.05) is 6.07 Å². The third-order valence-corrected chi connectivity index (χ3v) is 4.47. The highest BCUT2D eigenvalue weighted by Crippen LogP contribution is 2.30. The Hall–Kier alpha value is -2.06. The Morgan fingerprint density at radius 3 is 2.73 bits per heavy atom. The van der Waals surface area contributed by atoms with Gasteiger partial charge >= 0.3 is 0 Å². The molecule has 3 rings (SSSR count). The van der Waals surface area contributed by atoms with E-state index in [0.29, 0.717) is 4.34 Å². The summed E-state index contributed by atoms with van der Waals surface area (Å²) < 4.78 is 32.5. The molecule has 0 aliphatic rings. The highest BCUT2D eigenvalue weighted by Gasteiger charge is 2.17. The Kier molecular flexibility index (Phi) is 4.04. The van der Waals surface area contributed by atoms with Crippen LogP contribution in [0.5, 0.6) is 0 Å². The Morgan fingerprint density at radius 2 is 2.05 bits per heavy atom. The summed E-state index contributed by atoms with van der Waals surface area (Å²) in [6.45, 7) is 1.79. The lowest BCUT2D eigenvalue weighted by molar-refractivity contribution is 0.106. The van der Waals surface area contributed by atoms with E-state index in [1.54, 1.807) is 6.92 Å². The molecule has 0 radical (unpaired) electrons. The number of aromatic nitrogens is 2. The van der Waals surface area contributed by atoms with Crippen molar-refractivity contribution in [1.82, 2.24) is 10.2 Å². The van der Waals surface area contributed by atoms with Crippen LogP contribution in [0, 0.1) is 18.6 Å². The molecule has 22 heavy (non-hydrogen) atoms. The molecule has 0 aliphatic heterocycles. The van der Waals surface area contributed by atoms with Crippen molar-refractivity contribution in [1.29, 1.82) is 0 Å². The Bertz CT molecular complexity index is 845. The van der Waals surface area contributed by atoms with Gasteiger partial charge in [0.15, 0.2) is 10.1 Å². The van der Waals surface area contributed by atoms with Gasteiger partial charge in [-0.1, -0.05) is 11.3 Å². The monoisotopic (exact) mass is 338 g/mol. The van der Waals surface area contributed by atoms with E-state index < -0.39 is 11.6 Å². The zero-order chi connectivity index (χ0) is 15.7. The summed E-state index contributed by atoms with van der Waals surface area (Å²) in [6, 6.07) is 6.06. The number of nitrogens with zero attached hydrogens (tertiary/aromatic N) is 2. The molecule has 0 amide bonds. The summed E-state index contributed by atoms with van der Waals surface area (Å²) in [5.41, 5.74) is 0.0946. The molecule has 8 heteroatoms. The maximum absolute atomic E-state index is 13.7. The number of thioether (sulfide) groups is 1. The standard InChI is InChI=1S/C14H8F2N2O2S2/c1-7-17-18-14(21-7)22-13(19)12-5-4-11(20-12)9-3-2-8(15)6-10(9)16/h2-6H,1H3. The Labute approximate surface area is 132 Å². The van der Waals surface area contributed by atoms with Crippen LogP contribution in [0.1, 0.15) is 15.6 Å². The van der Waals surface area contributed by atoms with Gasteiger partial charge in [-0.05, 0) is 43.0 Å². The van der Waals surface area contributed by atoms with E-state index in [1.165, 1.54) is 29.5 Å². The summed E-state index contributed by atoms with van der Waals surface area (Å²) in [7, 11) is 0. The molecule has 1 aromatic carbocycles. The first-order chi connectivity index (χ1) is 10.5. The third-order valence-electron chi connectivity index (χ3n) is 2.69. The SMILES string of the molecule is Cc1nnc(SC(=O)c2ccc(-c3ccc(F)cc3F)o2)s1. The fraction of sp³-hybridized carbons (Fsp3) is 0.0714. The van der Waals surface area contributed by atoms with Gasteiger partial charge in [-0.2, -0.15) is 0 Å². The molecule has 2 heterocycles. The third kappa shape index (κ3) is 3.07. The van der Waals surface area contributed by atoms with Crippen molar-refractivity contribution in [3.05, 3.63) is 52.7 Å². The minimum atomic E-state index is -0.749. The largest absolute Gasteiger partial charge is 0.452 e. The summed E-state index contributed by atoms with van der Waals surface area (Å²) in [5.74, 6) is -1.20. The molecule has 0 saturated carbocycles. The predicted molar refractivity (Wildman–Crippen MR) is 78.9 cm³/mol. The molecule has 0 N–H and O–H groups in total. The maximum atomic E-state index is 13.7. The van der Waals surface area contributed by atoms with Gasteiger partial charge in [0.05, 0.1) is 5.56 Å². The number of benzene rings is 1. The van der Waals surface area contributed by atoms with Crippen LogP contribution in [0.25, 0.3) is 11.3 Å². The number of carbonyl (C=O) groups is 1. The molecule has 0 fully saturated rings. The van der Waals surface area contributed by atoms with Crippen LogP contribution >= 0.6 is 23.1 Å². The molecule has 0 spiro atoms. The Balaban J connectivity index is 1.82. The van der Waals surface area contributed by atoms with Gasteiger partial charge in [-0.3, -0.25) is 4.79 Å². The van der Waals surface area contributed by atoms with Crippen molar-refractivity contribution in [2.24, 2.45) is 0 Å². The zero-order valence-corrected chi connectivity index (χ0v) is 12.8. The van der Waals surface area contributed by atoms with Crippen LogP contribution < -0.4 is 0 Å². The van der Waals surface area contributed by atoms with E-state index in [1.807, 2.05) is 0 Å². The molecule has 0 unspecified atom stereocenters. The number of carbonyl (C=O) groups excluding carboxylic acids is 1. The topological polar surface area (TPSA) is 56.0 Å². The minimum Gasteiger partial charge on any atom is -0.452 e. The van der Waals surface area contributed by atoms with Crippen LogP contribution in [0.3, 0.4) is 0 Å². The van der Waals surface area contributed by atoms with Crippen LogP contribution in [-0.2, 0) is 0 Å². The lowest BCUT2D eigenvalue weighted by Crippen LogP contribution is -1.90. The minimum absolute atomic E-state index is 0.0663. The number of hydrogen-bond donors (Lipinski definition) is 0. The maximum Gasteiger partial charge on any atom is 0.261 e. The summed E-state index contributed by atoms with van der Waals surface area (Å²) in [4.78, 5) is 12.1. The second-order valence-corrected chi connectivity index (χ2v) is 6.67. The van der Waals surface area contributed by atoms with Crippen LogP contribution in [0.2, 0.25) is 0 Å². The van der Waals surface area contributed by atoms with Crippen LogP contribution in [0.15, 0.2) is 39.1 Å². The fourth-order valence-corrected chi connectivity index (χ4v) is 3.35. The lowest BCUT2D eigenvalue weighted by atomic mass is 10.1. The number of halogens is 2. The summed E-state index contributed by atoms with van der Waals surface area (Å²) in [6.07, 6.45) is 0. The van der Waals surface area contributed by atoms with E-state index in [4.69, 9.17) is 4.42 Å². The van der Waals surface area contributed by atoms with Gasteiger partial charge in [0.25, 0.3) is 5.12 Å². The Morgan fingerprint density at radius 1 is 1.23 bits per heavy atom. The second kappa shape index (κ2) is 5.98. The van der Waals surface area contributed by atoms with Crippen LogP contribution in [0.4, 0.5) is 8.78 Å². The molecular weight excluding hydrogens is 330 g/mol. The quantitative estimate of drug-likeness (QED) is 0.666. The van der Waals surface area contributed by atoms with E-state index in [0.717, 1.165) is 28.9 Å². The van der Waals surface area contributed by atoms with Gasteiger partial charge < -0.3 is 4.42 Å². The van der Waals surface area contributed by atoms with E-state index in [9.17, 15) is 13.6 Å². The second-order valence-electron chi connectivity index (χ2n) is 4.26. The molecule has 0 aliphatic carbocycles. The highest BCUT2D eigenvalue weighted by atomic mass is 32.2. The first-order valence-corrected chi connectivity index (χ1v) is 7.74. The molecule has 0 atom stereocenters. The van der Waals surface area contributed by atoms with Gasteiger partial charge in [0.2, 0.25) is 0 Å². The van der Waals surface area contributed by atoms with Crippen molar-refractivity contribution in [3.63, 3.8) is 0 Å². The summed E-state index contributed by atoms with van der Waals surface area (Å²) in [5, 5.41) is 8.05. The number of furan rings is 1. The smallest absolute Gasteiger partial charge is 0.261 e. The number of aryl methyl sites for hydroxylation is 1.